The van der Waals surface area contributed by atoms with Crippen molar-refractivity contribution < 1.29 is 37.8 Å². The summed E-state index contributed by atoms with van der Waals surface area (Å²) in [4.78, 5) is 49.3. The molecule has 4 N–H and O–H groups in total. The van der Waals surface area contributed by atoms with Gasteiger partial charge in [0.2, 0.25) is 21.8 Å². The number of sulfonamides is 1. The Morgan fingerprint density at radius 3 is 2.11 bits per heavy atom. The standard InChI is InChI=1S/C23H33N3O8S/c1-14(2)20(25-35(33,34)17-6-4-15(3)5-7-17)22(30)26-12-10-16(11-13-26)21(29)24-18(23(31)32)8-9-19(27)28/h4-7,14,16,18,20,25H,8-13H2,1-3H3,(H,24,29)(H,27,28)(H,31,32)/t18-,20-/m0/s1. The molecule has 1 saturated heterocycles. The van der Waals surface area contributed by atoms with E-state index in [0.29, 0.717) is 0 Å². The van der Waals surface area contributed by atoms with E-state index >= 15 is 0 Å². The first kappa shape index (κ1) is 28.2. The molecular weight excluding hydrogens is 478 g/mol. The number of aliphatic carboxylic acids is 2. The van der Waals surface area contributed by atoms with Crippen molar-refractivity contribution in [1.29, 1.82) is 0 Å². The van der Waals surface area contributed by atoms with Gasteiger partial charge in [-0.05, 0) is 44.2 Å². The molecule has 1 aromatic carbocycles. The topological polar surface area (TPSA) is 170 Å². The van der Waals surface area contributed by atoms with Crippen LogP contribution in [0.4, 0.5) is 0 Å². The summed E-state index contributed by atoms with van der Waals surface area (Å²) < 4.78 is 28.2. The third-order valence-corrected chi connectivity index (χ3v) is 7.44. The fourth-order valence-electron chi connectivity index (χ4n) is 3.80. The van der Waals surface area contributed by atoms with Gasteiger partial charge >= 0.3 is 11.9 Å². The SMILES string of the molecule is Cc1ccc(S(=O)(=O)N[C@H](C(=O)N2CCC(C(=O)N[C@@H](CCC(=O)O)C(=O)O)CC2)C(C)C)cc1. The monoisotopic (exact) mass is 511 g/mol. The predicted molar refractivity (Wildman–Crippen MR) is 126 cm³/mol. The number of carbonyl (C=O) groups is 4. The molecular formula is C23H33N3O8S. The number of likely N-dealkylation sites (tertiary alicyclic amines) is 1. The van der Waals surface area contributed by atoms with Crippen LogP contribution in [0.25, 0.3) is 0 Å². The van der Waals surface area contributed by atoms with Crippen molar-refractivity contribution in [3.8, 4) is 0 Å². The van der Waals surface area contributed by atoms with E-state index in [2.05, 4.69) is 10.0 Å². The minimum atomic E-state index is -3.92. The van der Waals surface area contributed by atoms with E-state index in [0.717, 1.165) is 5.56 Å². The van der Waals surface area contributed by atoms with Crippen molar-refractivity contribution in [2.75, 3.05) is 13.1 Å². The van der Waals surface area contributed by atoms with Gasteiger partial charge in [-0.25, -0.2) is 13.2 Å². The summed E-state index contributed by atoms with van der Waals surface area (Å²) in [5.41, 5.74) is 0.906. The Kier molecular flexibility index (Phi) is 9.78. The lowest BCUT2D eigenvalue weighted by Crippen LogP contribution is -2.54. The molecule has 12 heteroatoms. The Morgan fingerprint density at radius 1 is 1.06 bits per heavy atom. The van der Waals surface area contributed by atoms with Crippen molar-refractivity contribution in [2.24, 2.45) is 11.8 Å². The van der Waals surface area contributed by atoms with Crippen LogP contribution in [0, 0.1) is 18.8 Å². The van der Waals surface area contributed by atoms with Crippen LogP contribution in [-0.2, 0) is 29.2 Å². The summed E-state index contributed by atoms with van der Waals surface area (Å²) >= 11 is 0. The van der Waals surface area contributed by atoms with E-state index in [-0.39, 0.29) is 55.5 Å². The molecule has 2 atom stereocenters. The molecule has 0 aromatic heterocycles. The first-order valence-electron chi connectivity index (χ1n) is 11.4. The van der Waals surface area contributed by atoms with Crippen LogP contribution in [0.1, 0.15) is 45.1 Å². The largest absolute Gasteiger partial charge is 0.481 e. The molecule has 194 valence electrons. The lowest BCUT2D eigenvalue weighted by molar-refractivity contribution is -0.144. The highest BCUT2D eigenvalue weighted by molar-refractivity contribution is 7.89. The maximum Gasteiger partial charge on any atom is 0.326 e. The molecule has 1 heterocycles. The van der Waals surface area contributed by atoms with Crippen LogP contribution in [0.2, 0.25) is 0 Å². The minimum absolute atomic E-state index is 0.0628. The first-order chi connectivity index (χ1) is 16.3. The van der Waals surface area contributed by atoms with Gasteiger partial charge in [-0.1, -0.05) is 31.5 Å². The molecule has 1 aliphatic rings. The summed E-state index contributed by atoms with van der Waals surface area (Å²) in [5.74, 6) is -4.22. The molecule has 1 aliphatic heterocycles. The molecule has 1 fully saturated rings. The number of carboxylic acid groups (broad SMARTS) is 2. The second-order valence-electron chi connectivity index (χ2n) is 9.09. The summed E-state index contributed by atoms with van der Waals surface area (Å²) in [6, 6.07) is 4.01. The molecule has 1 aromatic rings. The van der Waals surface area contributed by atoms with Crippen molar-refractivity contribution in [3.63, 3.8) is 0 Å². The van der Waals surface area contributed by atoms with E-state index in [1.165, 1.54) is 17.0 Å². The second-order valence-corrected chi connectivity index (χ2v) is 10.8. The van der Waals surface area contributed by atoms with Gasteiger partial charge in [-0.15, -0.1) is 0 Å². The van der Waals surface area contributed by atoms with Crippen LogP contribution >= 0.6 is 0 Å². The van der Waals surface area contributed by atoms with Gasteiger partial charge < -0.3 is 20.4 Å². The van der Waals surface area contributed by atoms with E-state index in [4.69, 9.17) is 5.11 Å². The predicted octanol–water partition coefficient (Wildman–Crippen LogP) is 0.971. The van der Waals surface area contributed by atoms with Gasteiger partial charge in [0.05, 0.1) is 4.90 Å². The van der Waals surface area contributed by atoms with Crippen molar-refractivity contribution >= 4 is 33.8 Å². The Balaban J connectivity index is 1.99. The van der Waals surface area contributed by atoms with E-state index in [1.54, 1.807) is 26.0 Å². The zero-order chi connectivity index (χ0) is 26.3. The Morgan fingerprint density at radius 2 is 1.63 bits per heavy atom. The van der Waals surface area contributed by atoms with E-state index < -0.39 is 45.9 Å². The maximum atomic E-state index is 13.2. The summed E-state index contributed by atoms with van der Waals surface area (Å²) in [6.45, 7) is 5.73. The fraction of sp³-hybridized carbons (Fsp3) is 0.565. The van der Waals surface area contributed by atoms with Crippen molar-refractivity contribution in [3.05, 3.63) is 29.8 Å². The molecule has 0 spiro atoms. The van der Waals surface area contributed by atoms with Gasteiger partial charge in [0.1, 0.15) is 12.1 Å². The molecule has 0 bridgehead atoms. The van der Waals surface area contributed by atoms with E-state index in [1.807, 2.05) is 6.92 Å². The number of hydrogen-bond donors (Lipinski definition) is 4. The number of amides is 2. The highest BCUT2D eigenvalue weighted by Crippen LogP contribution is 2.21. The van der Waals surface area contributed by atoms with Crippen LogP contribution < -0.4 is 10.0 Å². The third kappa shape index (κ3) is 8.03. The number of nitrogens with one attached hydrogen (secondary N) is 2. The number of rotatable bonds is 11. The van der Waals surface area contributed by atoms with Gasteiger partial charge in [0.15, 0.2) is 0 Å². The van der Waals surface area contributed by atoms with E-state index in [9.17, 15) is 32.7 Å². The second kappa shape index (κ2) is 12.1. The zero-order valence-electron chi connectivity index (χ0n) is 20.1. The third-order valence-electron chi connectivity index (χ3n) is 5.99. The lowest BCUT2D eigenvalue weighted by Gasteiger charge is -2.35. The number of benzene rings is 1. The minimum Gasteiger partial charge on any atom is -0.481 e. The molecule has 2 amide bonds. The number of aryl methyl sites for hydroxylation is 1. The van der Waals surface area contributed by atoms with Crippen LogP contribution in [0.3, 0.4) is 0 Å². The van der Waals surface area contributed by atoms with Crippen molar-refractivity contribution in [1.82, 2.24) is 14.9 Å². The smallest absolute Gasteiger partial charge is 0.326 e. The number of carboxylic acids is 2. The molecule has 35 heavy (non-hydrogen) atoms. The molecule has 0 aliphatic carbocycles. The average Bonchev–Trinajstić information content (AvgIpc) is 2.79. The zero-order valence-corrected chi connectivity index (χ0v) is 20.9. The van der Waals surface area contributed by atoms with Crippen molar-refractivity contribution in [2.45, 2.75) is 63.4 Å². The summed E-state index contributed by atoms with van der Waals surface area (Å²) in [7, 11) is -3.92. The average molecular weight is 512 g/mol. The first-order valence-corrected chi connectivity index (χ1v) is 12.9. The molecule has 0 saturated carbocycles. The van der Waals surface area contributed by atoms with Gasteiger partial charge in [-0.3, -0.25) is 14.4 Å². The molecule has 0 radical (unpaired) electrons. The van der Waals surface area contributed by atoms with Crippen LogP contribution in [-0.4, -0.2) is 72.5 Å². The lowest BCUT2D eigenvalue weighted by atomic mass is 9.94. The summed E-state index contributed by atoms with van der Waals surface area (Å²) in [6.07, 6.45) is -0.0685. The quantitative estimate of drug-likeness (QED) is 0.340. The van der Waals surface area contributed by atoms with Crippen LogP contribution in [0.5, 0.6) is 0 Å². The fourth-order valence-corrected chi connectivity index (χ4v) is 5.14. The van der Waals surface area contributed by atoms with Gasteiger partial charge in [0.25, 0.3) is 0 Å². The molecule has 2 rings (SSSR count). The Hall–Kier alpha value is -2.99. The Labute approximate surface area is 204 Å². The summed E-state index contributed by atoms with van der Waals surface area (Å²) in [5, 5.41) is 20.4. The number of carbonyl (C=O) groups excluding carboxylic acids is 2. The normalized spacial score (nSPS) is 16.5. The molecule has 11 nitrogen and oxygen atoms in total. The number of nitrogens with zero attached hydrogens (tertiary/aromatic N) is 1. The van der Waals surface area contributed by atoms with Gasteiger partial charge in [0, 0.05) is 25.4 Å². The molecule has 0 unspecified atom stereocenters. The highest BCUT2D eigenvalue weighted by Gasteiger charge is 2.35. The Bertz CT molecular complexity index is 1030. The number of piperidine rings is 1. The number of hydrogen-bond acceptors (Lipinski definition) is 6. The highest BCUT2D eigenvalue weighted by atomic mass is 32.2. The maximum absolute atomic E-state index is 13.2. The van der Waals surface area contributed by atoms with Crippen LogP contribution in [0.15, 0.2) is 29.2 Å². The van der Waals surface area contributed by atoms with Gasteiger partial charge in [-0.2, -0.15) is 4.72 Å².